The molecule has 0 saturated heterocycles. The Hall–Kier alpha value is -3.71. The highest BCUT2D eigenvalue weighted by molar-refractivity contribution is 5.84. The van der Waals surface area contributed by atoms with Crippen molar-refractivity contribution in [1.29, 1.82) is 0 Å². The number of ether oxygens (including phenoxy) is 1. The van der Waals surface area contributed by atoms with Gasteiger partial charge in [-0.2, -0.15) is 0 Å². The van der Waals surface area contributed by atoms with E-state index >= 15 is 0 Å². The molecule has 0 radical (unpaired) electrons. The van der Waals surface area contributed by atoms with Crippen LogP contribution in [0.3, 0.4) is 0 Å². The van der Waals surface area contributed by atoms with Crippen molar-refractivity contribution in [2.75, 3.05) is 6.61 Å². The fraction of sp³-hybridized carbons (Fsp3) is 0.148. The van der Waals surface area contributed by atoms with Gasteiger partial charge in [0.2, 0.25) is 0 Å². The van der Waals surface area contributed by atoms with Crippen LogP contribution >= 0.6 is 0 Å². The average molecular weight is 413 g/mol. The zero-order chi connectivity index (χ0) is 21.6. The van der Waals surface area contributed by atoms with E-state index < -0.39 is 11.6 Å². The Morgan fingerprint density at radius 1 is 0.806 bits per heavy atom. The van der Waals surface area contributed by atoms with E-state index in [0.29, 0.717) is 17.4 Å². The van der Waals surface area contributed by atoms with Crippen molar-refractivity contribution in [3.05, 3.63) is 95.7 Å². The lowest BCUT2D eigenvalue weighted by Gasteiger charge is -2.06. The number of hydrogen-bond donors (Lipinski definition) is 0. The lowest BCUT2D eigenvalue weighted by Crippen LogP contribution is -1.96. The van der Waals surface area contributed by atoms with E-state index in [1.54, 1.807) is 24.4 Å². The Morgan fingerprint density at radius 2 is 1.52 bits per heavy atom. The van der Waals surface area contributed by atoms with E-state index in [2.05, 4.69) is 23.7 Å². The monoisotopic (exact) mass is 413 g/mol. The molecule has 0 aliphatic heterocycles. The summed E-state index contributed by atoms with van der Waals surface area (Å²) in [5.41, 5.74) is 3.46. The van der Waals surface area contributed by atoms with Crippen LogP contribution < -0.4 is 4.74 Å². The normalized spacial score (nSPS) is 10.5. The van der Waals surface area contributed by atoms with Crippen molar-refractivity contribution in [3.8, 4) is 28.8 Å². The molecule has 31 heavy (non-hydrogen) atoms. The molecule has 0 aliphatic carbocycles. The standard InChI is InChI=1S/C27H21F2NO/c1-2-3-14-31-24-12-13-27(30-18-24)21-9-6-19(7-10-21)4-5-20-8-11-22-16-25(28)26(29)17-23(22)15-20/h6-13,15-18H,2-3,14H2,1H3. The SMILES string of the molecule is CCCCOc1ccc(-c2ccc(C#Cc3ccc4cc(F)c(F)cc4c3)cc2)nc1. The zero-order valence-electron chi connectivity index (χ0n) is 17.2. The average Bonchev–Trinajstić information content (AvgIpc) is 2.79. The maximum Gasteiger partial charge on any atom is 0.159 e. The fourth-order valence-electron chi connectivity index (χ4n) is 3.16. The summed E-state index contributed by atoms with van der Waals surface area (Å²) >= 11 is 0. The van der Waals surface area contributed by atoms with Crippen LogP contribution in [0.5, 0.6) is 5.75 Å². The Labute approximate surface area is 180 Å². The molecule has 4 rings (SSSR count). The number of pyridine rings is 1. The highest BCUT2D eigenvalue weighted by Crippen LogP contribution is 2.21. The second-order valence-corrected chi connectivity index (χ2v) is 7.24. The minimum absolute atomic E-state index is 0.620. The molecule has 2 nitrogen and oxygen atoms in total. The predicted octanol–water partition coefficient (Wildman–Crippen LogP) is 6.76. The van der Waals surface area contributed by atoms with Crippen LogP contribution in [0.2, 0.25) is 0 Å². The first kappa shape index (κ1) is 20.6. The van der Waals surface area contributed by atoms with Crippen LogP contribution in [0.25, 0.3) is 22.0 Å². The molecule has 0 atom stereocenters. The highest BCUT2D eigenvalue weighted by Gasteiger charge is 2.04. The van der Waals surface area contributed by atoms with Gasteiger partial charge in [0.1, 0.15) is 5.75 Å². The van der Waals surface area contributed by atoms with Gasteiger partial charge in [0.25, 0.3) is 0 Å². The summed E-state index contributed by atoms with van der Waals surface area (Å²) in [5, 5.41) is 1.26. The quantitative estimate of drug-likeness (QED) is 0.266. The van der Waals surface area contributed by atoms with Crippen LogP contribution in [-0.2, 0) is 0 Å². The van der Waals surface area contributed by atoms with Crippen molar-refractivity contribution in [2.45, 2.75) is 19.8 Å². The van der Waals surface area contributed by atoms with E-state index in [-0.39, 0.29) is 0 Å². The topological polar surface area (TPSA) is 22.1 Å². The summed E-state index contributed by atoms with van der Waals surface area (Å²) in [7, 11) is 0. The number of fused-ring (bicyclic) bond motifs is 1. The molecular weight excluding hydrogens is 392 g/mol. The second kappa shape index (κ2) is 9.40. The molecule has 0 amide bonds. The maximum absolute atomic E-state index is 13.5. The van der Waals surface area contributed by atoms with Crippen LogP contribution in [-0.4, -0.2) is 11.6 Å². The predicted molar refractivity (Wildman–Crippen MR) is 120 cm³/mol. The van der Waals surface area contributed by atoms with Crippen LogP contribution in [0.4, 0.5) is 8.78 Å². The van der Waals surface area contributed by atoms with Crippen LogP contribution in [0.1, 0.15) is 30.9 Å². The zero-order valence-corrected chi connectivity index (χ0v) is 17.2. The summed E-state index contributed by atoms with van der Waals surface area (Å²) < 4.78 is 32.5. The molecule has 0 unspecified atom stereocenters. The van der Waals surface area contributed by atoms with Gasteiger partial charge < -0.3 is 4.74 Å². The number of halogens is 2. The lowest BCUT2D eigenvalue weighted by molar-refractivity contribution is 0.308. The first-order valence-electron chi connectivity index (χ1n) is 10.2. The van der Waals surface area contributed by atoms with E-state index in [9.17, 15) is 8.78 Å². The van der Waals surface area contributed by atoms with Gasteiger partial charge in [-0.3, -0.25) is 4.98 Å². The number of nitrogens with zero attached hydrogens (tertiary/aromatic N) is 1. The number of benzene rings is 3. The molecule has 4 aromatic rings. The van der Waals surface area contributed by atoms with Crippen molar-refractivity contribution in [1.82, 2.24) is 4.98 Å². The third kappa shape index (κ3) is 5.07. The number of aromatic nitrogens is 1. The second-order valence-electron chi connectivity index (χ2n) is 7.24. The Morgan fingerprint density at radius 3 is 2.23 bits per heavy atom. The fourth-order valence-corrected chi connectivity index (χ4v) is 3.16. The summed E-state index contributed by atoms with van der Waals surface area (Å²) in [4.78, 5) is 4.47. The van der Waals surface area contributed by atoms with E-state index in [1.165, 1.54) is 12.1 Å². The van der Waals surface area contributed by atoms with Crippen molar-refractivity contribution in [3.63, 3.8) is 0 Å². The molecule has 154 valence electrons. The molecule has 1 heterocycles. The molecule has 0 bridgehead atoms. The Kier molecular flexibility index (Phi) is 6.24. The Bertz CT molecular complexity index is 1250. The number of rotatable bonds is 5. The van der Waals surface area contributed by atoms with E-state index in [1.807, 2.05) is 36.4 Å². The molecule has 0 saturated carbocycles. The third-order valence-corrected chi connectivity index (χ3v) is 4.91. The Balaban J connectivity index is 1.47. The molecule has 0 aliphatic rings. The summed E-state index contributed by atoms with van der Waals surface area (Å²) in [5.74, 6) is 5.26. The van der Waals surface area contributed by atoms with Gasteiger partial charge in [-0.15, -0.1) is 0 Å². The maximum atomic E-state index is 13.5. The van der Waals surface area contributed by atoms with Crippen LogP contribution in [0, 0.1) is 23.5 Å². The molecule has 1 aromatic heterocycles. The molecule has 0 N–H and O–H groups in total. The van der Waals surface area contributed by atoms with E-state index in [0.717, 1.165) is 41.0 Å². The van der Waals surface area contributed by atoms with Gasteiger partial charge in [-0.05, 0) is 65.7 Å². The van der Waals surface area contributed by atoms with Gasteiger partial charge >= 0.3 is 0 Å². The molecular formula is C27H21F2NO. The highest BCUT2D eigenvalue weighted by atomic mass is 19.2. The van der Waals surface area contributed by atoms with Crippen molar-refractivity contribution in [2.24, 2.45) is 0 Å². The molecule has 4 heteroatoms. The van der Waals surface area contributed by atoms with Gasteiger partial charge in [-0.25, -0.2) is 8.78 Å². The smallest absolute Gasteiger partial charge is 0.159 e. The molecule has 0 fully saturated rings. The first-order chi connectivity index (χ1) is 15.1. The van der Waals surface area contributed by atoms with Gasteiger partial charge in [0, 0.05) is 16.7 Å². The van der Waals surface area contributed by atoms with Crippen molar-refractivity contribution < 1.29 is 13.5 Å². The summed E-state index contributed by atoms with van der Waals surface area (Å²) in [6.07, 6.45) is 3.87. The largest absolute Gasteiger partial charge is 0.492 e. The lowest BCUT2D eigenvalue weighted by atomic mass is 10.1. The minimum atomic E-state index is -0.859. The molecule has 0 spiro atoms. The first-order valence-corrected chi connectivity index (χ1v) is 10.2. The van der Waals surface area contributed by atoms with Gasteiger partial charge in [0.15, 0.2) is 11.6 Å². The number of unbranched alkanes of at least 4 members (excludes halogenated alkanes) is 1. The summed E-state index contributed by atoms with van der Waals surface area (Å²) in [6, 6.07) is 19.4. The van der Waals surface area contributed by atoms with E-state index in [4.69, 9.17) is 4.74 Å². The third-order valence-electron chi connectivity index (χ3n) is 4.91. The van der Waals surface area contributed by atoms with Crippen molar-refractivity contribution >= 4 is 10.8 Å². The minimum Gasteiger partial charge on any atom is -0.492 e. The molecule has 3 aromatic carbocycles. The van der Waals surface area contributed by atoms with Gasteiger partial charge in [-0.1, -0.05) is 43.4 Å². The van der Waals surface area contributed by atoms with Crippen LogP contribution in [0.15, 0.2) is 72.9 Å². The van der Waals surface area contributed by atoms with Gasteiger partial charge in [0.05, 0.1) is 18.5 Å². The summed E-state index contributed by atoms with van der Waals surface area (Å²) in [6.45, 7) is 2.83. The number of hydrogen-bond acceptors (Lipinski definition) is 2.